The van der Waals surface area contributed by atoms with Crippen LogP contribution in [0.5, 0.6) is 0 Å². The van der Waals surface area contributed by atoms with Crippen LogP contribution in [0.15, 0.2) is 83.9 Å². The Balaban J connectivity index is 1.65. The molecule has 0 saturated carbocycles. The molecule has 3 aromatic carbocycles. The van der Waals surface area contributed by atoms with Crippen molar-refractivity contribution in [2.75, 3.05) is 13.1 Å². The standard InChI is InChI=1S/C29H28ClN3S/c1-20-10-12-23(13-11-20)27(33-18-6-7-21(2)19-33)32-29-26(22-8-4-3-5-9-22)31-28(34-29)24-14-16-25(30)17-15-24/h3-5,8-17,21H,6-7,18-19H2,1-2H3/b32-27-. The number of likely N-dealkylation sites (tertiary alicyclic amines) is 1. The van der Waals surface area contributed by atoms with E-state index in [0.717, 1.165) is 56.3 Å². The molecule has 5 rings (SSSR count). The molecule has 0 bridgehead atoms. The zero-order valence-electron chi connectivity index (χ0n) is 19.5. The summed E-state index contributed by atoms with van der Waals surface area (Å²) in [5.74, 6) is 1.69. The Bertz CT molecular complexity index is 1280. The van der Waals surface area contributed by atoms with E-state index in [9.17, 15) is 0 Å². The Labute approximate surface area is 210 Å². The highest BCUT2D eigenvalue weighted by Crippen LogP contribution is 2.41. The van der Waals surface area contributed by atoms with Crippen molar-refractivity contribution in [3.05, 3.63) is 95.0 Å². The molecular weight excluding hydrogens is 458 g/mol. The van der Waals surface area contributed by atoms with E-state index in [4.69, 9.17) is 21.6 Å². The number of halogens is 1. The highest BCUT2D eigenvalue weighted by atomic mass is 35.5. The number of thiazole rings is 1. The van der Waals surface area contributed by atoms with Crippen molar-refractivity contribution in [3.8, 4) is 21.8 Å². The number of hydrogen-bond acceptors (Lipinski definition) is 3. The molecule has 0 radical (unpaired) electrons. The lowest BCUT2D eigenvalue weighted by Gasteiger charge is -2.33. The van der Waals surface area contributed by atoms with Crippen molar-refractivity contribution in [1.29, 1.82) is 0 Å². The lowest BCUT2D eigenvalue weighted by atomic mass is 9.99. The van der Waals surface area contributed by atoms with E-state index in [2.05, 4.69) is 67.3 Å². The Morgan fingerprint density at radius 2 is 1.71 bits per heavy atom. The third-order valence-corrected chi connectivity index (χ3v) is 7.47. The maximum atomic E-state index is 6.13. The second-order valence-electron chi connectivity index (χ2n) is 9.04. The molecule has 0 spiro atoms. The number of piperidine rings is 1. The summed E-state index contributed by atoms with van der Waals surface area (Å²) >= 11 is 7.77. The number of aryl methyl sites for hydroxylation is 1. The molecule has 0 aliphatic carbocycles. The number of aromatic nitrogens is 1. The van der Waals surface area contributed by atoms with Crippen LogP contribution in [-0.2, 0) is 0 Å². The van der Waals surface area contributed by atoms with Crippen molar-refractivity contribution >= 4 is 33.8 Å². The van der Waals surface area contributed by atoms with Gasteiger partial charge in [0.25, 0.3) is 0 Å². The van der Waals surface area contributed by atoms with E-state index in [1.165, 1.54) is 18.4 Å². The fourth-order valence-corrected chi connectivity index (χ4v) is 5.48. The minimum absolute atomic E-state index is 0.657. The lowest BCUT2D eigenvalue weighted by Crippen LogP contribution is -2.39. The molecule has 1 aliphatic rings. The number of aliphatic imine (C=N–C) groups is 1. The topological polar surface area (TPSA) is 28.5 Å². The van der Waals surface area contributed by atoms with Gasteiger partial charge in [-0.3, -0.25) is 0 Å². The molecule has 1 fully saturated rings. The largest absolute Gasteiger partial charge is 0.356 e. The van der Waals surface area contributed by atoms with Crippen LogP contribution in [0.25, 0.3) is 21.8 Å². The van der Waals surface area contributed by atoms with Gasteiger partial charge in [-0.25, -0.2) is 9.98 Å². The third-order valence-electron chi connectivity index (χ3n) is 6.22. The van der Waals surface area contributed by atoms with Crippen molar-refractivity contribution in [2.45, 2.75) is 26.7 Å². The molecule has 0 amide bonds. The third kappa shape index (κ3) is 5.08. The summed E-state index contributed by atoms with van der Waals surface area (Å²) in [7, 11) is 0. The van der Waals surface area contributed by atoms with Gasteiger partial charge in [0.15, 0.2) is 0 Å². The molecule has 1 aromatic heterocycles. The van der Waals surface area contributed by atoms with Crippen LogP contribution < -0.4 is 0 Å². The number of amidine groups is 1. The highest BCUT2D eigenvalue weighted by Gasteiger charge is 2.23. The number of hydrogen-bond donors (Lipinski definition) is 0. The first kappa shape index (κ1) is 22.8. The van der Waals surface area contributed by atoms with E-state index in [1.807, 2.05) is 30.3 Å². The SMILES string of the molecule is Cc1ccc(/C(=N/c2sc(-c3ccc(Cl)cc3)nc2-c2ccccc2)N2CCCC(C)C2)cc1. The summed E-state index contributed by atoms with van der Waals surface area (Å²) in [5, 5.41) is 2.61. The van der Waals surface area contributed by atoms with Crippen LogP contribution in [-0.4, -0.2) is 28.8 Å². The number of benzene rings is 3. The Morgan fingerprint density at radius 3 is 2.41 bits per heavy atom. The van der Waals surface area contributed by atoms with E-state index in [-0.39, 0.29) is 0 Å². The second-order valence-corrected chi connectivity index (χ2v) is 10.5. The zero-order valence-corrected chi connectivity index (χ0v) is 21.1. The monoisotopic (exact) mass is 485 g/mol. The van der Waals surface area contributed by atoms with Crippen LogP contribution in [0.4, 0.5) is 5.00 Å². The predicted molar refractivity (Wildman–Crippen MR) is 145 cm³/mol. The van der Waals surface area contributed by atoms with Crippen LogP contribution in [0, 0.1) is 12.8 Å². The molecule has 172 valence electrons. The summed E-state index contributed by atoms with van der Waals surface area (Å²) in [6.07, 6.45) is 2.46. The summed E-state index contributed by atoms with van der Waals surface area (Å²) in [4.78, 5) is 12.8. The summed E-state index contributed by atoms with van der Waals surface area (Å²) in [5.41, 5.74) is 5.46. The average molecular weight is 486 g/mol. The normalized spacial score (nSPS) is 16.6. The Hall–Kier alpha value is -2.95. The van der Waals surface area contributed by atoms with Crippen LogP contribution in [0.1, 0.15) is 30.9 Å². The number of nitrogens with zero attached hydrogens (tertiary/aromatic N) is 3. The minimum Gasteiger partial charge on any atom is -0.356 e. The van der Waals surface area contributed by atoms with E-state index in [0.29, 0.717) is 5.92 Å². The van der Waals surface area contributed by atoms with E-state index in [1.54, 1.807) is 11.3 Å². The minimum atomic E-state index is 0.657. The molecular formula is C29H28ClN3S. The molecule has 0 N–H and O–H groups in total. The molecule has 1 saturated heterocycles. The first-order valence-corrected chi connectivity index (χ1v) is 13.0. The van der Waals surface area contributed by atoms with Gasteiger partial charge in [0.2, 0.25) is 0 Å². The molecule has 2 heterocycles. The van der Waals surface area contributed by atoms with Crippen LogP contribution in [0.3, 0.4) is 0 Å². The first-order valence-electron chi connectivity index (χ1n) is 11.8. The predicted octanol–water partition coefficient (Wildman–Crippen LogP) is 8.25. The van der Waals surface area contributed by atoms with Crippen LogP contribution >= 0.6 is 22.9 Å². The van der Waals surface area contributed by atoms with Gasteiger partial charge in [0, 0.05) is 34.8 Å². The second kappa shape index (κ2) is 10.1. The van der Waals surface area contributed by atoms with Gasteiger partial charge < -0.3 is 4.90 Å². The van der Waals surface area contributed by atoms with Gasteiger partial charge in [-0.15, -0.1) is 0 Å². The van der Waals surface area contributed by atoms with Gasteiger partial charge in [-0.1, -0.05) is 102 Å². The fourth-order valence-electron chi connectivity index (χ4n) is 4.39. The van der Waals surface area contributed by atoms with Crippen molar-refractivity contribution in [1.82, 2.24) is 9.88 Å². The van der Waals surface area contributed by atoms with Gasteiger partial charge in [0.05, 0.1) is 0 Å². The van der Waals surface area contributed by atoms with Gasteiger partial charge >= 0.3 is 0 Å². The molecule has 4 aromatic rings. The average Bonchev–Trinajstić information content (AvgIpc) is 3.28. The Morgan fingerprint density at radius 1 is 0.971 bits per heavy atom. The zero-order chi connectivity index (χ0) is 23.5. The molecule has 1 aliphatic heterocycles. The van der Waals surface area contributed by atoms with Gasteiger partial charge in [-0.2, -0.15) is 0 Å². The summed E-state index contributed by atoms with van der Waals surface area (Å²) < 4.78 is 0. The fraction of sp³-hybridized carbons (Fsp3) is 0.241. The summed E-state index contributed by atoms with van der Waals surface area (Å²) in [6.45, 7) is 6.51. The van der Waals surface area contributed by atoms with Crippen LogP contribution in [0.2, 0.25) is 5.02 Å². The van der Waals surface area contributed by atoms with Crippen molar-refractivity contribution < 1.29 is 0 Å². The molecule has 1 unspecified atom stereocenters. The molecule has 1 atom stereocenters. The Kier molecular flexibility index (Phi) is 6.80. The first-order chi connectivity index (χ1) is 16.6. The quantitative estimate of drug-likeness (QED) is 0.215. The van der Waals surface area contributed by atoms with Crippen molar-refractivity contribution in [3.63, 3.8) is 0 Å². The van der Waals surface area contributed by atoms with Gasteiger partial charge in [0.1, 0.15) is 21.5 Å². The summed E-state index contributed by atoms with van der Waals surface area (Å²) in [6, 6.07) is 26.9. The molecule has 34 heavy (non-hydrogen) atoms. The highest BCUT2D eigenvalue weighted by molar-refractivity contribution is 7.19. The molecule has 5 heteroatoms. The maximum Gasteiger partial charge on any atom is 0.146 e. The number of rotatable bonds is 4. The van der Waals surface area contributed by atoms with Crippen molar-refractivity contribution in [2.24, 2.45) is 10.9 Å². The van der Waals surface area contributed by atoms with E-state index < -0.39 is 0 Å². The lowest BCUT2D eigenvalue weighted by molar-refractivity contribution is 0.274. The van der Waals surface area contributed by atoms with E-state index >= 15 is 0 Å². The van der Waals surface area contributed by atoms with Gasteiger partial charge in [-0.05, 0) is 37.8 Å². The smallest absolute Gasteiger partial charge is 0.146 e. The maximum absolute atomic E-state index is 6.13. The molecule has 3 nitrogen and oxygen atoms in total.